The average Bonchev–Trinajstić information content (AvgIpc) is 3.22. The Morgan fingerprint density at radius 1 is 1.47 bits per heavy atom. The van der Waals surface area contributed by atoms with Crippen LogP contribution in [0.25, 0.3) is 0 Å². The third-order valence-electron chi connectivity index (χ3n) is 3.94. The zero-order chi connectivity index (χ0) is 13.4. The van der Waals surface area contributed by atoms with Crippen LogP contribution >= 0.6 is 0 Å². The van der Waals surface area contributed by atoms with Crippen molar-refractivity contribution in [2.75, 3.05) is 13.1 Å². The van der Waals surface area contributed by atoms with Gasteiger partial charge in [0.2, 0.25) is 0 Å². The van der Waals surface area contributed by atoms with Crippen LogP contribution in [-0.2, 0) is 13.0 Å². The van der Waals surface area contributed by atoms with Gasteiger partial charge in [0.15, 0.2) is 0 Å². The smallest absolute Gasteiger partial charge is 0.274 e. The molecule has 3 rings (SSSR count). The zero-order valence-corrected chi connectivity index (χ0v) is 10.7. The maximum absolute atomic E-state index is 14.1. The lowest BCUT2D eigenvalue weighted by Crippen LogP contribution is -2.33. The zero-order valence-electron chi connectivity index (χ0n) is 10.7. The summed E-state index contributed by atoms with van der Waals surface area (Å²) in [6, 6.07) is 2.88. The predicted octanol–water partition coefficient (Wildman–Crippen LogP) is 1.71. The summed E-state index contributed by atoms with van der Waals surface area (Å²) < 4.78 is 14.1. The lowest BCUT2D eigenvalue weighted by Gasteiger charge is -2.29. The Morgan fingerprint density at radius 3 is 2.95 bits per heavy atom. The molecular formula is C14H17FN2O2. The third-order valence-corrected chi connectivity index (χ3v) is 3.94. The van der Waals surface area contributed by atoms with Gasteiger partial charge in [-0.3, -0.25) is 14.9 Å². The summed E-state index contributed by atoms with van der Waals surface area (Å²) in [7, 11) is 0. The fourth-order valence-corrected chi connectivity index (χ4v) is 2.69. The van der Waals surface area contributed by atoms with Crippen LogP contribution in [-0.4, -0.2) is 29.1 Å². The van der Waals surface area contributed by atoms with E-state index >= 15 is 0 Å². The Balaban J connectivity index is 1.82. The van der Waals surface area contributed by atoms with Gasteiger partial charge in [-0.1, -0.05) is 0 Å². The monoisotopic (exact) mass is 264 g/mol. The van der Waals surface area contributed by atoms with Crippen LogP contribution in [0.3, 0.4) is 0 Å². The van der Waals surface area contributed by atoms with Gasteiger partial charge in [0.25, 0.3) is 5.91 Å². The van der Waals surface area contributed by atoms with E-state index in [-0.39, 0.29) is 11.4 Å². The largest absolute Gasteiger partial charge is 0.298 e. The maximum Gasteiger partial charge on any atom is 0.274 e. The summed E-state index contributed by atoms with van der Waals surface area (Å²) >= 11 is 0. The van der Waals surface area contributed by atoms with Crippen molar-refractivity contribution in [1.29, 1.82) is 0 Å². The van der Waals surface area contributed by atoms with E-state index in [4.69, 9.17) is 5.21 Å². The normalized spacial score (nSPS) is 19.1. The van der Waals surface area contributed by atoms with Crippen LogP contribution in [0.1, 0.15) is 34.3 Å². The van der Waals surface area contributed by atoms with Gasteiger partial charge in [-0.15, -0.1) is 0 Å². The Bertz CT molecular complexity index is 514. The molecule has 0 atom stereocenters. The molecule has 1 aliphatic carbocycles. The molecule has 0 spiro atoms. The Morgan fingerprint density at radius 2 is 2.26 bits per heavy atom. The number of hydroxylamine groups is 1. The van der Waals surface area contributed by atoms with Crippen molar-refractivity contribution in [3.63, 3.8) is 0 Å². The molecule has 0 unspecified atom stereocenters. The first-order chi connectivity index (χ1) is 9.17. The number of nitrogens with zero attached hydrogens (tertiary/aromatic N) is 1. The van der Waals surface area contributed by atoms with E-state index in [1.165, 1.54) is 18.9 Å². The molecule has 0 radical (unpaired) electrons. The second kappa shape index (κ2) is 4.90. The molecule has 2 aliphatic rings. The molecule has 0 aromatic heterocycles. The lowest BCUT2D eigenvalue weighted by molar-refractivity contribution is 0.0705. The van der Waals surface area contributed by atoms with Crippen LogP contribution < -0.4 is 5.48 Å². The molecule has 19 heavy (non-hydrogen) atoms. The van der Waals surface area contributed by atoms with Crippen molar-refractivity contribution in [2.45, 2.75) is 25.8 Å². The highest BCUT2D eigenvalue weighted by molar-refractivity contribution is 5.93. The van der Waals surface area contributed by atoms with E-state index in [1.54, 1.807) is 11.5 Å². The molecule has 2 N–H and O–H groups in total. The van der Waals surface area contributed by atoms with Crippen molar-refractivity contribution in [2.24, 2.45) is 5.92 Å². The molecule has 1 aliphatic heterocycles. The number of halogens is 1. The van der Waals surface area contributed by atoms with Gasteiger partial charge in [-0.25, -0.2) is 9.87 Å². The number of carbonyl (C=O) groups is 1. The number of carbonyl (C=O) groups excluding carboxylic acids is 1. The highest BCUT2D eigenvalue weighted by Gasteiger charge is 2.27. The van der Waals surface area contributed by atoms with E-state index in [0.29, 0.717) is 12.1 Å². The molecular weight excluding hydrogens is 247 g/mol. The first kappa shape index (κ1) is 12.6. The molecule has 0 bridgehead atoms. The first-order valence-electron chi connectivity index (χ1n) is 6.65. The second-order valence-corrected chi connectivity index (χ2v) is 5.47. The maximum atomic E-state index is 14.1. The summed E-state index contributed by atoms with van der Waals surface area (Å²) in [4.78, 5) is 13.6. The van der Waals surface area contributed by atoms with E-state index in [1.807, 2.05) is 0 Å². The fraction of sp³-hybridized carbons (Fsp3) is 0.500. The van der Waals surface area contributed by atoms with E-state index in [2.05, 4.69) is 4.90 Å². The molecule has 1 heterocycles. The molecule has 0 saturated heterocycles. The number of rotatable bonds is 3. The van der Waals surface area contributed by atoms with Gasteiger partial charge in [0, 0.05) is 30.8 Å². The van der Waals surface area contributed by atoms with Crippen LogP contribution in [0.4, 0.5) is 4.39 Å². The first-order valence-corrected chi connectivity index (χ1v) is 6.65. The molecule has 1 aromatic carbocycles. The SMILES string of the molecule is O=C(NO)c1cc(F)c2c(c1)CCN(CC1CC1)C2. The van der Waals surface area contributed by atoms with Crippen molar-refractivity contribution >= 4 is 5.91 Å². The number of benzene rings is 1. The van der Waals surface area contributed by atoms with Gasteiger partial charge in [-0.2, -0.15) is 0 Å². The standard InChI is InChI=1S/C14H17FN2O2/c15-13-6-11(14(18)16-19)5-10-3-4-17(8-12(10)13)7-9-1-2-9/h5-6,9,19H,1-4,7-8H2,(H,16,18). The van der Waals surface area contributed by atoms with Gasteiger partial charge in [-0.05, 0) is 42.9 Å². The quantitative estimate of drug-likeness (QED) is 0.645. The van der Waals surface area contributed by atoms with Gasteiger partial charge in [0.1, 0.15) is 5.82 Å². The van der Waals surface area contributed by atoms with Crippen molar-refractivity contribution in [3.8, 4) is 0 Å². The Labute approximate surface area is 111 Å². The van der Waals surface area contributed by atoms with E-state index < -0.39 is 5.91 Å². The minimum Gasteiger partial charge on any atom is -0.298 e. The van der Waals surface area contributed by atoms with Gasteiger partial charge < -0.3 is 0 Å². The molecule has 102 valence electrons. The molecule has 1 fully saturated rings. The van der Waals surface area contributed by atoms with Crippen LogP contribution in [0.5, 0.6) is 0 Å². The molecule has 1 saturated carbocycles. The van der Waals surface area contributed by atoms with Crippen molar-refractivity contribution in [3.05, 3.63) is 34.6 Å². The Kier molecular flexibility index (Phi) is 3.24. The minimum atomic E-state index is -0.665. The summed E-state index contributed by atoms with van der Waals surface area (Å²) in [6.07, 6.45) is 3.34. The van der Waals surface area contributed by atoms with Crippen LogP contribution in [0.2, 0.25) is 0 Å². The van der Waals surface area contributed by atoms with Crippen LogP contribution in [0.15, 0.2) is 12.1 Å². The third kappa shape index (κ3) is 2.62. The number of fused-ring (bicyclic) bond motifs is 1. The van der Waals surface area contributed by atoms with Crippen molar-refractivity contribution < 1.29 is 14.4 Å². The number of hydrogen-bond donors (Lipinski definition) is 2. The Hall–Kier alpha value is -1.46. The van der Waals surface area contributed by atoms with E-state index in [0.717, 1.165) is 31.0 Å². The molecule has 5 heteroatoms. The van der Waals surface area contributed by atoms with Crippen molar-refractivity contribution in [1.82, 2.24) is 10.4 Å². The molecule has 1 amide bonds. The highest BCUT2D eigenvalue weighted by atomic mass is 19.1. The topological polar surface area (TPSA) is 52.6 Å². The summed E-state index contributed by atoms with van der Waals surface area (Å²) in [5.41, 5.74) is 3.29. The average molecular weight is 264 g/mol. The van der Waals surface area contributed by atoms with Gasteiger partial charge >= 0.3 is 0 Å². The number of hydrogen-bond acceptors (Lipinski definition) is 3. The molecule has 4 nitrogen and oxygen atoms in total. The predicted molar refractivity (Wildman–Crippen MR) is 67.4 cm³/mol. The van der Waals surface area contributed by atoms with E-state index in [9.17, 15) is 9.18 Å². The highest BCUT2D eigenvalue weighted by Crippen LogP contribution is 2.32. The molecule has 1 aromatic rings. The summed E-state index contributed by atoms with van der Waals surface area (Å²) in [5.74, 6) is -0.220. The van der Waals surface area contributed by atoms with Crippen LogP contribution in [0, 0.1) is 11.7 Å². The summed E-state index contributed by atoms with van der Waals surface area (Å²) in [6.45, 7) is 2.59. The number of nitrogens with one attached hydrogen (secondary N) is 1. The van der Waals surface area contributed by atoms with Gasteiger partial charge in [0.05, 0.1) is 0 Å². The summed E-state index contributed by atoms with van der Waals surface area (Å²) in [5, 5.41) is 8.60. The number of amides is 1. The minimum absolute atomic E-state index is 0.175. The second-order valence-electron chi connectivity index (χ2n) is 5.47. The lowest BCUT2D eigenvalue weighted by atomic mass is 9.96. The fourth-order valence-electron chi connectivity index (χ4n) is 2.69.